The number of alkyl halides is 2. The molecule has 6 nitrogen and oxygen atoms in total. The molecule has 1 aromatic heterocycles. The van der Waals surface area contributed by atoms with E-state index < -0.39 is 12.5 Å². The van der Waals surface area contributed by atoms with Crippen LogP contribution in [0.2, 0.25) is 0 Å². The van der Waals surface area contributed by atoms with Crippen LogP contribution in [0.5, 0.6) is 0 Å². The van der Waals surface area contributed by atoms with E-state index in [4.69, 9.17) is 0 Å². The van der Waals surface area contributed by atoms with Gasteiger partial charge in [0.1, 0.15) is 11.9 Å². The van der Waals surface area contributed by atoms with Crippen molar-refractivity contribution in [3.63, 3.8) is 0 Å². The molecule has 0 radical (unpaired) electrons. The fourth-order valence-corrected chi connectivity index (χ4v) is 5.16. The molecule has 0 bridgehead atoms. The molecule has 0 aliphatic carbocycles. The first-order valence-electron chi connectivity index (χ1n) is 11.1. The van der Waals surface area contributed by atoms with E-state index in [2.05, 4.69) is 15.3 Å². The highest BCUT2D eigenvalue weighted by Gasteiger charge is 2.38. The van der Waals surface area contributed by atoms with Gasteiger partial charge in [0.15, 0.2) is 0 Å². The number of nitrogens with zero attached hydrogens (tertiary/aromatic N) is 4. The number of hydrogen-bond donors (Lipinski definition) is 1. The van der Waals surface area contributed by atoms with Crippen molar-refractivity contribution in [1.29, 1.82) is 0 Å². The largest absolute Gasteiger partial charge is 0.367 e. The molecule has 0 saturated carbocycles. The quantitative estimate of drug-likeness (QED) is 0.829. The van der Waals surface area contributed by atoms with E-state index in [9.17, 15) is 13.6 Å². The molecule has 162 valence electrons. The predicted octanol–water partition coefficient (Wildman–Crippen LogP) is 3.30. The number of carbonyl (C=O) groups excluding carboxylic acids is 1. The Balaban J connectivity index is 1.39. The van der Waals surface area contributed by atoms with Crippen LogP contribution >= 0.6 is 0 Å². The monoisotopic (exact) mass is 409 g/mol. The van der Waals surface area contributed by atoms with Crippen molar-refractivity contribution in [2.24, 2.45) is 5.92 Å². The van der Waals surface area contributed by atoms with E-state index in [1.165, 1.54) is 30.4 Å². The summed E-state index contributed by atoms with van der Waals surface area (Å²) in [5, 5.41) is 7.69. The number of halogens is 2. The van der Waals surface area contributed by atoms with Crippen LogP contribution in [0.1, 0.15) is 56.7 Å². The first-order chi connectivity index (χ1) is 14.0. The van der Waals surface area contributed by atoms with Gasteiger partial charge in [0, 0.05) is 25.2 Å². The minimum atomic E-state index is -2.44. The molecule has 4 rings (SSSR count). The zero-order chi connectivity index (χ0) is 20.4. The average Bonchev–Trinajstić information content (AvgIpc) is 2.90. The average molecular weight is 410 g/mol. The highest BCUT2D eigenvalue weighted by molar-refractivity contribution is 5.78. The molecular formula is C21H33F2N5O. The first kappa shape index (κ1) is 20.6. The summed E-state index contributed by atoms with van der Waals surface area (Å²) < 4.78 is 28.8. The van der Waals surface area contributed by atoms with Crippen molar-refractivity contribution in [3.05, 3.63) is 11.8 Å². The number of anilines is 1. The maximum atomic E-state index is 13.7. The summed E-state index contributed by atoms with van der Waals surface area (Å²) in [4.78, 5) is 17.2. The van der Waals surface area contributed by atoms with E-state index in [1.807, 2.05) is 17.9 Å². The van der Waals surface area contributed by atoms with Gasteiger partial charge in [-0.2, -0.15) is 5.10 Å². The van der Waals surface area contributed by atoms with Crippen molar-refractivity contribution < 1.29 is 13.6 Å². The SMILES string of the molecule is Cc1cc2n(n1)[C@@H](C(F)F)C[C@@H]([C@@H]1CCCN(C(=O)CN3CCCCCC3)C1)N2. The smallest absolute Gasteiger partial charge is 0.260 e. The lowest BCUT2D eigenvalue weighted by Gasteiger charge is -2.41. The number of aromatic nitrogens is 2. The molecule has 0 aromatic carbocycles. The number of rotatable bonds is 4. The molecule has 3 atom stereocenters. The van der Waals surface area contributed by atoms with Gasteiger partial charge in [-0.25, -0.2) is 13.5 Å². The van der Waals surface area contributed by atoms with Gasteiger partial charge in [-0.15, -0.1) is 0 Å². The number of likely N-dealkylation sites (tertiary alicyclic amines) is 2. The van der Waals surface area contributed by atoms with Crippen LogP contribution in [0, 0.1) is 12.8 Å². The van der Waals surface area contributed by atoms with E-state index in [1.54, 1.807) is 0 Å². The highest BCUT2D eigenvalue weighted by atomic mass is 19.3. The fourth-order valence-electron chi connectivity index (χ4n) is 5.16. The lowest BCUT2D eigenvalue weighted by atomic mass is 9.86. The Hall–Kier alpha value is -1.70. The fraction of sp³-hybridized carbons (Fsp3) is 0.810. The van der Waals surface area contributed by atoms with Gasteiger partial charge >= 0.3 is 0 Å². The van der Waals surface area contributed by atoms with E-state index >= 15 is 0 Å². The topological polar surface area (TPSA) is 53.4 Å². The van der Waals surface area contributed by atoms with Crippen LogP contribution in [0.3, 0.4) is 0 Å². The molecule has 1 N–H and O–H groups in total. The number of hydrogen-bond acceptors (Lipinski definition) is 4. The standard InChI is InChI=1S/C21H33F2N5O/c1-15-11-19-24-17(12-18(21(22)23)28(19)25-15)16-7-6-10-27(13-16)20(29)14-26-8-4-2-3-5-9-26/h11,16-18,21,24H,2-10,12-14H2,1H3/t16-,17+,18-/m1/s1. The zero-order valence-electron chi connectivity index (χ0n) is 17.3. The van der Waals surface area contributed by atoms with E-state index in [0.717, 1.165) is 38.2 Å². The molecule has 3 aliphatic heterocycles. The lowest BCUT2D eigenvalue weighted by Crippen LogP contribution is -2.50. The minimum absolute atomic E-state index is 0.0496. The van der Waals surface area contributed by atoms with Crippen LogP contribution < -0.4 is 5.32 Å². The minimum Gasteiger partial charge on any atom is -0.367 e. The van der Waals surface area contributed by atoms with Gasteiger partial charge in [0.05, 0.1) is 12.2 Å². The maximum absolute atomic E-state index is 13.7. The predicted molar refractivity (Wildman–Crippen MR) is 108 cm³/mol. The van der Waals surface area contributed by atoms with Crippen molar-refractivity contribution in [1.82, 2.24) is 19.6 Å². The molecule has 1 amide bonds. The molecule has 0 spiro atoms. The number of carbonyl (C=O) groups is 1. The summed E-state index contributed by atoms with van der Waals surface area (Å²) in [6.07, 6.45) is 4.66. The van der Waals surface area contributed by atoms with Gasteiger partial charge in [-0.05, 0) is 58.0 Å². The molecule has 1 aromatic rings. The van der Waals surface area contributed by atoms with Crippen LogP contribution in [0.15, 0.2) is 6.07 Å². The Morgan fingerprint density at radius 2 is 1.97 bits per heavy atom. The molecule has 8 heteroatoms. The van der Waals surface area contributed by atoms with Crippen molar-refractivity contribution in [2.75, 3.05) is 38.0 Å². The van der Waals surface area contributed by atoms with Crippen LogP contribution in [0.25, 0.3) is 0 Å². The zero-order valence-corrected chi connectivity index (χ0v) is 17.3. The second-order valence-electron chi connectivity index (χ2n) is 8.94. The third-order valence-corrected chi connectivity index (χ3v) is 6.73. The van der Waals surface area contributed by atoms with Crippen LogP contribution in [-0.2, 0) is 4.79 Å². The normalized spacial score (nSPS) is 28.7. The van der Waals surface area contributed by atoms with Gasteiger partial charge < -0.3 is 10.2 Å². The van der Waals surface area contributed by atoms with Crippen LogP contribution in [-0.4, -0.2) is 70.7 Å². The Morgan fingerprint density at radius 3 is 2.69 bits per heavy atom. The summed E-state index contributed by atoms with van der Waals surface area (Å²) in [7, 11) is 0. The summed E-state index contributed by atoms with van der Waals surface area (Å²) in [5.41, 5.74) is 0.747. The number of piperidine rings is 1. The second kappa shape index (κ2) is 8.98. The Bertz CT molecular complexity index is 701. The molecule has 2 fully saturated rings. The van der Waals surface area contributed by atoms with Crippen molar-refractivity contribution in [3.8, 4) is 0 Å². The Labute approximate surface area is 171 Å². The van der Waals surface area contributed by atoms with Crippen molar-refractivity contribution >= 4 is 11.7 Å². The molecule has 3 aliphatic rings. The van der Waals surface area contributed by atoms with Gasteiger partial charge in [0.2, 0.25) is 5.91 Å². The van der Waals surface area contributed by atoms with Gasteiger partial charge in [-0.3, -0.25) is 9.69 Å². The van der Waals surface area contributed by atoms with Crippen molar-refractivity contribution in [2.45, 2.75) is 70.4 Å². The number of fused-ring (bicyclic) bond motifs is 1. The Morgan fingerprint density at radius 1 is 1.21 bits per heavy atom. The second-order valence-corrected chi connectivity index (χ2v) is 8.94. The maximum Gasteiger partial charge on any atom is 0.260 e. The summed E-state index contributed by atoms with van der Waals surface area (Å²) >= 11 is 0. The van der Waals surface area contributed by atoms with Crippen LogP contribution in [0.4, 0.5) is 14.6 Å². The van der Waals surface area contributed by atoms with Gasteiger partial charge in [0.25, 0.3) is 6.43 Å². The molecule has 2 saturated heterocycles. The van der Waals surface area contributed by atoms with E-state index in [0.29, 0.717) is 25.3 Å². The Kier molecular flexibility index (Phi) is 6.37. The number of nitrogens with one attached hydrogen (secondary N) is 1. The van der Waals surface area contributed by atoms with E-state index in [-0.39, 0.29) is 17.9 Å². The lowest BCUT2D eigenvalue weighted by molar-refractivity contribution is -0.134. The third-order valence-electron chi connectivity index (χ3n) is 6.73. The highest BCUT2D eigenvalue weighted by Crippen LogP contribution is 2.36. The first-order valence-corrected chi connectivity index (χ1v) is 11.1. The number of amides is 1. The molecule has 4 heterocycles. The third kappa shape index (κ3) is 4.73. The molecular weight excluding hydrogens is 376 g/mol. The summed E-state index contributed by atoms with van der Waals surface area (Å²) in [6.45, 7) is 5.78. The summed E-state index contributed by atoms with van der Waals surface area (Å²) in [5.74, 6) is 1.07. The molecule has 0 unspecified atom stereocenters. The molecule has 29 heavy (non-hydrogen) atoms. The van der Waals surface area contributed by atoms with Gasteiger partial charge in [-0.1, -0.05) is 12.8 Å². The number of aryl methyl sites for hydroxylation is 1. The summed E-state index contributed by atoms with van der Waals surface area (Å²) in [6, 6.07) is 0.895.